The number of amides is 1. The van der Waals surface area contributed by atoms with Crippen molar-refractivity contribution in [2.24, 2.45) is 0 Å². The Labute approximate surface area is 190 Å². The van der Waals surface area contributed by atoms with Crippen molar-refractivity contribution in [3.05, 3.63) is 81.7 Å². The van der Waals surface area contributed by atoms with Crippen LogP contribution in [0.1, 0.15) is 28.4 Å². The highest BCUT2D eigenvalue weighted by molar-refractivity contribution is 6.33. The van der Waals surface area contributed by atoms with Gasteiger partial charge in [0, 0.05) is 30.8 Å². The van der Waals surface area contributed by atoms with E-state index in [1.807, 2.05) is 49.4 Å². The van der Waals surface area contributed by atoms with Crippen LogP contribution in [0.3, 0.4) is 0 Å². The molecule has 1 aliphatic heterocycles. The molecular formula is C23H22Cl2N4O2. The van der Waals surface area contributed by atoms with Crippen LogP contribution in [0, 0.1) is 0 Å². The van der Waals surface area contributed by atoms with Crippen molar-refractivity contribution in [3.63, 3.8) is 0 Å². The van der Waals surface area contributed by atoms with Gasteiger partial charge in [0.2, 0.25) is 5.28 Å². The minimum atomic E-state index is -0.576. The number of aromatic nitrogens is 2. The second-order valence-corrected chi connectivity index (χ2v) is 8.46. The van der Waals surface area contributed by atoms with E-state index in [-0.39, 0.29) is 17.8 Å². The number of carbonyl (C=O) groups is 1. The molecular weight excluding hydrogens is 435 g/mol. The first-order chi connectivity index (χ1) is 14.9. The van der Waals surface area contributed by atoms with Crippen LogP contribution in [-0.4, -0.2) is 45.6 Å². The average Bonchev–Trinajstić information content (AvgIpc) is 3.10. The van der Waals surface area contributed by atoms with Crippen molar-refractivity contribution in [1.82, 2.24) is 20.2 Å². The Hall–Kier alpha value is -2.51. The molecule has 0 spiro atoms. The molecule has 2 heterocycles. The maximum atomic E-state index is 13.0. The van der Waals surface area contributed by atoms with Crippen molar-refractivity contribution in [3.8, 4) is 11.3 Å². The fraction of sp³-hybridized carbons (Fsp3) is 0.261. The molecule has 3 aromatic rings. The standard InChI is InChI=1S/C23H22Cl2N4O2/c1-23(14-30,17-5-3-2-4-6-17)27-9-10-29-13-16-8-7-15(11-18(16)21(29)31)20-19(24)12-26-22(25)28-20/h2-8,11-12,27,30H,9-10,13-14H2,1H3. The van der Waals surface area contributed by atoms with E-state index < -0.39 is 5.54 Å². The van der Waals surface area contributed by atoms with Gasteiger partial charge in [-0.05, 0) is 35.7 Å². The summed E-state index contributed by atoms with van der Waals surface area (Å²) in [4.78, 5) is 22.8. The molecule has 8 heteroatoms. The first kappa shape index (κ1) is 21.7. The lowest BCUT2D eigenvalue weighted by Crippen LogP contribution is -2.46. The van der Waals surface area contributed by atoms with E-state index in [1.54, 1.807) is 11.0 Å². The molecule has 0 saturated carbocycles. The van der Waals surface area contributed by atoms with Crippen LogP contribution >= 0.6 is 23.2 Å². The van der Waals surface area contributed by atoms with Crippen LogP contribution in [0.25, 0.3) is 11.3 Å². The predicted molar refractivity (Wildman–Crippen MR) is 121 cm³/mol. The third kappa shape index (κ3) is 4.43. The van der Waals surface area contributed by atoms with E-state index in [1.165, 1.54) is 6.20 Å². The summed E-state index contributed by atoms with van der Waals surface area (Å²) in [6, 6.07) is 15.4. The summed E-state index contributed by atoms with van der Waals surface area (Å²) in [6.45, 7) is 3.51. The number of hydrogen-bond acceptors (Lipinski definition) is 5. The van der Waals surface area contributed by atoms with Gasteiger partial charge in [-0.1, -0.05) is 54.1 Å². The zero-order valence-corrected chi connectivity index (χ0v) is 18.5. The van der Waals surface area contributed by atoms with Crippen LogP contribution in [0.15, 0.2) is 54.7 Å². The molecule has 1 atom stereocenters. The SMILES string of the molecule is CC(CO)(NCCN1Cc2ccc(-c3nc(Cl)ncc3Cl)cc2C1=O)c1ccccc1. The van der Waals surface area contributed by atoms with Crippen molar-refractivity contribution in [2.75, 3.05) is 19.7 Å². The van der Waals surface area contributed by atoms with Gasteiger partial charge in [-0.25, -0.2) is 9.97 Å². The third-order valence-corrected chi connectivity index (χ3v) is 6.06. The Morgan fingerprint density at radius 2 is 1.97 bits per heavy atom. The normalized spacial score (nSPS) is 15.1. The number of aliphatic hydroxyl groups excluding tert-OH is 1. The zero-order chi connectivity index (χ0) is 22.0. The van der Waals surface area contributed by atoms with Crippen molar-refractivity contribution >= 4 is 29.1 Å². The third-order valence-electron chi connectivity index (χ3n) is 5.60. The lowest BCUT2D eigenvalue weighted by Gasteiger charge is -2.30. The summed E-state index contributed by atoms with van der Waals surface area (Å²) in [7, 11) is 0. The second-order valence-electron chi connectivity index (χ2n) is 7.72. The van der Waals surface area contributed by atoms with E-state index >= 15 is 0 Å². The van der Waals surface area contributed by atoms with Crippen LogP contribution < -0.4 is 5.32 Å². The number of fused-ring (bicyclic) bond motifs is 1. The Bertz CT molecular complexity index is 1110. The number of nitrogens with zero attached hydrogens (tertiary/aromatic N) is 3. The number of halogens is 2. The number of carbonyl (C=O) groups excluding carboxylic acids is 1. The minimum absolute atomic E-state index is 0.0414. The van der Waals surface area contributed by atoms with Gasteiger partial charge in [-0.2, -0.15) is 0 Å². The molecule has 2 aromatic carbocycles. The zero-order valence-electron chi connectivity index (χ0n) is 17.0. The fourth-order valence-electron chi connectivity index (χ4n) is 3.76. The molecule has 2 N–H and O–H groups in total. The van der Waals surface area contributed by atoms with Gasteiger partial charge in [0.25, 0.3) is 5.91 Å². The topological polar surface area (TPSA) is 78.3 Å². The summed E-state index contributed by atoms with van der Waals surface area (Å²) in [5, 5.41) is 13.8. The highest BCUT2D eigenvalue weighted by Crippen LogP contribution is 2.31. The minimum Gasteiger partial charge on any atom is -0.394 e. The largest absolute Gasteiger partial charge is 0.394 e. The van der Waals surface area contributed by atoms with Gasteiger partial charge in [0.15, 0.2) is 0 Å². The van der Waals surface area contributed by atoms with Crippen LogP contribution in [0.4, 0.5) is 0 Å². The van der Waals surface area contributed by atoms with E-state index in [4.69, 9.17) is 23.2 Å². The molecule has 6 nitrogen and oxygen atoms in total. The van der Waals surface area contributed by atoms with E-state index in [0.29, 0.717) is 35.9 Å². The molecule has 0 bridgehead atoms. The maximum Gasteiger partial charge on any atom is 0.254 e. The summed E-state index contributed by atoms with van der Waals surface area (Å²) < 4.78 is 0. The van der Waals surface area contributed by atoms with Crippen molar-refractivity contribution in [1.29, 1.82) is 0 Å². The Kier molecular flexibility index (Phi) is 6.25. The quantitative estimate of drug-likeness (QED) is 0.527. The molecule has 160 valence electrons. The lowest BCUT2D eigenvalue weighted by atomic mass is 9.93. The Morgan fingerprint density at radius 3 is 2.71 bits per heavy atom. The van der Waals surface area contributed by atoms with Gasteiger partial charge < -0.3 is 15.3 Å². The van der Waals surface area contributed by atoms with Gasteiger partial charge >= 0.3 is 0 Å². The highest BCUT2D eigenvalue weighted by atomic mass is 35.5. The first-order valence-electron chi connectivity index (χ1n) is 9.93. The molecule has 1 unspecified atom stereocenters. The van der Waals surface area contributed by atoms with Crippen molar-refractivity contribution < 1.29 is 9.90 Å². The fourth-order valence-corrected chi connectivity index (χ4v) is 4.09. The molecule has 0 aliphatic carbocycles. The number of benzene rings is 2. The van der Waals surface area contributed by atoms with Crippen molar-refractivity contribution in [2.45, 2.75) is 19.0 Å². The molecule has 31 heavy (non-hydrogen) atoms. The monoisotopic (exact) mass is 456 g/mol. The predicted octanol–water partition coefficient (Wildman–Crippen LogP) is 3.90. The van der Waals surface area contributed by atoms with Crippen LogP contribution in [0.5, 0.6) is 0 Å². The first-order valence-corrected chi connectivity index (χ1v) is 10.7. The smallest absolute Gasteiger partial charge is 0.254 e. The Morgan fingerprint density at radius 1 is 1.19 bits per heavy atom. The summed E-state index contributed by atoms with van der Waals surface area (Å²) >= 11 is 12.1. The highest BCUT2D eigenvalue weighted by Gasteiger charge is 2.29. The summed E-state index contributed by atoms with van der Waals surface area (Å²) in [5.74, 6) is -0.0414. The number of aliphatic hydroxyl groups is 1. The van der Waals surface area contributed by atoms with Gasteiger partial charge in [0.05, 0.1) is 29.1 Å². The van der Waals surface area contributed by atoms with Gasteiger partial charge in [0.1, 0.15) is 0 Å². The Balaban J connectivity index is 1.46. The number of rotatable bonds is 7. The van der Waals surface area contributed by atoms with E-state index in [2.05, 4.69) is 15.3 Å². The maximum absolute atomic E-state index is 13.0. The average molecular weight is 457 g/mol. The molecule has 1 aromatic heterocycles. The van der Waals surface area contributed by atoms with Crippen LogP contribution in [0.2, 0.25) is 10.3 Å². The molecule has 0 saturated heterocycles. The van der Waals surface area contributed by atoms with E-state index in [9.17, 15) is 9.90 Å². The molecule has 0 radical (unpaired) electrons. The number of hydrogen-bond donors (Lipinski definition) is 2. The lowest BCUT2D eigenvalue weighted by molar-refractivity contribution is 0.0771. The number of nitrogens with one attached hydrogen (secondary N) is 1. The summed E-state index contributed by atoms with van der Waals surface area (Å²) in [5.41, 5.74) is 3.23. The molecule has 1 amide bonds. The van der Waals surface area contributed by atoms with Crippen LogP contribution in [-0.2, 0) is 12.1 Å². The molecule has 0 fully saturated rings. The molecule has 1 aliphatic rings. The summed E-state index contributed by atoms with van der Waals surface area (Å²) in [6.07, 6.45) is 1.45. The van der Waals surface area contributed by atoms with Gasteiger partial charge in [-0.15, -0.1) is 0 Å². The molecule has 4 rings (SSSR count). The van der Waals surface area contributed by atoms with E-state index in [0.717, 1.165) is 16.7 Å². The van der Waals surface area contributed by atoms with Gasteiger partial charge in [-0.3, -0.25) is 4.79 Å². The second kappa shape index (κ2) is 8.93.